The number of carbonyl (C=O) groups is 2. The molecule has 1 heterocycles. The molecule has 5 rings (SSSR count). The molecule has 0 fully saturated rings. The molecule has 5 nitrogen and oxygen atoms in total. The molecule has 0 aliphatic carbocycles. The van der Waals surface area contributed by atoms with Gasteiger partial charge < -0.3 is 16.0 Å². The number of benzene rings is 4. The van der Waals surface area contributed by atoms with Gasteiger partial charge in [-0.1, -0.05) is 48.5 Å². The van der Waals surface area contributed by atoms with Crippen LogP contribution < -0.4 is 16.0 Å². The lowest BCUT2D eigenvalue weighted by Gasteiger charge is -2.32. The molecule has 1 atom stereocenters. The third kappa shape index (κ3) is 5.67. The third-order valence-corrected chi connectivity index (χ3v) is 7.18. The second-order valence-corrected chi connectivity index (χ2v) is 9.84. The van der Waals surface area contributed by atoms with Crippen molar-refractivity contribution in [2.24, 2.45) is 5.73 Å². The topological polar surface area (TPSA) is 75.4 Å². The molecule has 0 spiro atoms. The third-order valence-electron chi connectivity index (χ3n) is 7.18. The van der Waals surface area contributed by atoms with Crippen LogP contribution in [0.3, 0.4) is 0 Å². The minimum atomic E-state index is -0.937. The predicted octanol–water partition coefficient (Wildman–Crippen LogP) is 6.17. The van der Waals surface area contributed by atoms with Gasteiger partial charge in [-0.2, -0.15) is 0 Å². The van der Waals surface area contributed by atoms with E-state index >= 15 is 0 Å². The van der Waals surface area contributed by atoms with Crippen LogP contribution in [0.5, 0.6) is 0 Å². The minimum Gasteiger partial charge on any atom is -0.367 e. The van der Waals surface area contributed by atoms with Crippen molar-refractivity contribution in [2.75, 3.05) is 11.4 Å². The van der Waals surface area contributed by atoms with E-state index in [1.165, 1.54) is 6.07 Å². The summed E-state index contributed by atoms with van der Waals surface area (Å²) in [6.07, 6.45) is 1.84. The number of hydrogen-bond acceptors (Lipinski definition) is 3. The highest BCUT2D eigenvalue weighted by atomic mass is 19.2. The molecule has 4 aromatic carbocycles. The predicted molar refractivity (Wildman–Crippen MR) is 148 cm³/mol. The first-order valence-electron chi connectivity index (χ1n) is 12.9. The monoisotopic (exact) mass is 525 g/mol. The van der Waals surface area contributed by atoms with Gasteiger partial charge in [0.1, 0.15) is 0 Å². The summed E-state index contributed by atoms with van der Waals surface area (Å²) < 4.78 is 26.9. The first-order valence-corrected chi connectivity index (χ1v) is 12.9. The molecule has 0 bridgehead atoms. The van der Waals surface area contributed by atoms with Crippen LogP contribution in [0.15, 0.2) is 84.9 Å². The van der Waals surface area contributed by atoms with Crippen molar-refractivity contribution in [2.45, 2.75) is 32.4 Å². The number of anilines is 1. The van der Waals surface area contributed by atoms with Gasteiger partial charge in [-0.15, -0.1) is 0 Å². The Morgan fingerprint density at radius 1 is 0.949 bits per heavy atom. The van der Waals surface area contributed by atoms with Gasteiger partial charge in [-0.25, -0.2) is 8.78 Å². The van der Waals surface area contributed by atoms with Crippen LogP contribution in [0.2, 0.25) is 0 Å². The van der Waals surface area contributed by atoms with E-state index < -0.39 is 23.6 Å². The number of nitrogens with two attached hydrogens (primary N) is 1. The van der Waals surface area contributed by atoms with E-state index in [-0.39, 0.29) is 5.91 Å². The molecule has 1 aliphatic rings. The molecular formula is C32H29F2N3O2. The van der Waals surface area contributed by atoms with Crippen LogP contribution in [0, 0.1) is 11.6 Å². The van der Waals surface area contributed by atoms with E-state index in [2.05, 4.69) is 22.3 Å². The first kappa shape index (κ1) is 26.1. The van der Waals surface area contributed by atoms with Crippen LogP contribution in [-0.2, 0) is 13.0 Å². The second kappa shape index (κ2) is 11.1. The first-order chi connectivity index (χ1) is 18.8. The summed E-state index contributed by atoms with van der Waals surface area (Å²) in [5, 5.41) is 2.88. The van der Waals surface area contributed by atoms with Gasteiger partial charge in [0.15, 0.2) is 11.6 Å². The number of rotatable bonds is 7. The van der Waals surface area contributed by atoms with Gasteiger partial charge in [-0.3, -0.25) is 9.59 Å². The molecule has 3 N–H and O–H groups in total. The van der Waals surface area contributed by atoms with E-state index in [1.54, 1.807) is 25.1 Å². The Bertz CT molecular complexity index is 1540. The molecule has 1 aliphatic heterocycles. The zero-order chi connectivity index (χ0) is 27.5. The number of hydrogen-bond donors (Lipinski definition) is 2. The summed E-state index contributed by atoms with van der Waals surface area (Å²) in [6.45, 7) is 3.35. The van der Waals surface area contributed by atoms with Gasteiger partial charge in [0.25, 0.3) is 5.91 Å². The lowest BCUT2D eigenvalue weighted by Crippen LogP contribution is -2.30. The number of primary amides is 1. The Balaban J connectivity index is 1.29. The van der Waals surface area contributed by atoms with Gasteiger partial charge in [0, 0.05) is 29.9 Å². The van der Waals surface area contributed by atoms with Gasteiger partial charge >= 0.3 is 0 Å². The Labute approximate surface area is 226 Å². The Morgan fingerprint density at radius 3 is 2.46 bits per heavy atom. The number of nitrogens with one attached hydrogen (secondary N) is 1. The molecule has 39 heavy (non-hydrogen) atoms. The number of carbonyl (C=O) groups excluding carboxylic acids is 2. The highest BCUT2D eigenvalue weighted by molar-refractivity contribution is 5.99. The van der Waals surface area contributed by atoms with Gasteiger partial charge in [0.2, 0.25) is 5.91 Å². The van der Waals surface area contributed by atoms with Crippen molar-refractivity contribution in [1.82, 2.24) is 5.32 Å². The molecule has 0 radical (unpaired) electrons. The van der Waals surface area contributed by atoms with Crippen LogP contribution >= 0.6 is 0 Å². The molecular weight excluding hydrogens is 496 g/mol. The molecule has 0 unspecified atom stereocenters. The lowest BCUT2D eigenvalue weighted by atomic mass is 9.96. The SMILES string of the molecule is C[C@H](NC(=O)c1ccc2c(c1)CCCN2Cc1ccc(-c2ccccc2C(N)=O)cc1)c1ccc(F)c(F)c1. The average molecular weight is 526 g/mol. The van der Waals surface area contributed by atoms with Crippen LogP contribution in [0.1, 0.15) is 56.8 Å². The standard InChI is InChI=1S/C32H29F2N3O2/c1-20(23-12-14-28(33)29(34)18-23)36-32(39)25-13-15-30-24(17-25)5-4-16-37(30)19-21-8-10-22(11-9-21)26-6-2-3-7-27(26)31(35)38/h2-3,6-15,17-18,20H,4-5,16,19H2,1H3,(H2,35,38)(H,36,39)/t20-/m0/s1. The summed E-state index contributed by atoms with van der Waals surface area (Å²) in [7, 11) is 0. The van der Waals surface area contributed by atoms with E-state index in [4.69, 9.17) is 5.73 Å². The fourth-order valence-corrected chi connectivity index (χ4v) is 5.09. The van der Waals surface area contributed by atoms with Gasteiger partial charge in [-0.05, 0) is 84.0 Å². The normalized spacial score (nSPS) is 13.5. The van der Waals surface area contributed by atoms with E-state index in [0.29, 0.717) is 23.2 Å². The summed E-state index contributed by atoms with van der Waals surface area (Å²) in [6, 6.07) is 24.3. The maximum Gasteiger partial charge on any atom is 0.251 e. The number of halogens is 2. The van der Waals surface area contributed by atoms with E-state index in [9.17, 15) is 18.4 Å². The summed E-state index contributed by atoms with van der Waals surface area (Å²) in [5.41, 5.74) is 12.1. The number of fused-ring (bicyclic) bond motifs is 1. The van der Waals surface area contributed by atoms with Crippen molar-refractivity contribution in [3.63, 3.8) is 0 Å². The zero-order valence-electron chi connectivity index (χ0n) is 21.6. The van der Waals surface area contributed by atoms with Crippen LogP contribution in [0.25, 0.3) is 11.1 Å². The molecule has 0 saturated carbocycles. The molecule has 2 amide bonds. The molecule has 4 aromatic rings. The largest absolute Gasteiger partial charge is 0.367 e. The van der Waals surface area contributed by atoms with Gasteiger partial charge in [0.05, 0.1) is 6.04 Å². The maximum absolute atomic E-state index is 13.6. The Hall–Kier alpha value is -4.52. The molecule has 7 heteroatoms. The second-order valence-electron chi connectivity index (χ2n) is 9.84. The fraction of sp³-hybridized carbons (Fsp3) is 0.188. The van der Waals surface area contributed by atoms with E-state index in [1.807, 2.05) is 36.4 Å². The number of nitrogens with zero attached hydrogens (tertiary/aromatic N) is 1. The zero-order valence-corrected chi connectivity index (χ0v) is 21.6. The summed E-state index contributed by atoms with van der Waals surface area (Å²) in [4.78, 5) is 27.0. The molecule has 198 valence electrons. The highest BCUT2D eigenvalue weighted by Gasteiger charge is 2.20. The maximum atomic E-state index is 13.6. The Kier molecular flexibility index (Phi) is 7.41. The van der Waals surface area contributed by atoms with Crippen LogP contribution in [-0.4, -0.2) is 18.4 Å². The van der Waals surface area contributed by atoms with Crippen molar-refractivity contribution in [3.05, 3.63) is 124 Å². The Morgan fingerprint density at radius 2 is 1.72 bits per heavy atom. The average Bonchev–Trinajstić information content (AvgIpc) is 2.94. The lowest BCUT2D eigenvalue weighted by molar-refractivity contribution is 0.0938. The highest BCUT2D eigenvalue weighted by Crippen LogP contribution is 2.31. The quantitative estimate of drug-likeness (QED) is 0.303. The summed E-state index contributed by atoms with van der Waals surface area (Å²) in [5.74, 6) is -2.57. The molecule has 0 saturated heterocycles. The molecule has 0 aromatic heterocycles. The van der Waals surface area contributed by atoms with Crippen LogP contribution in [0.4, 0.5) is 14.5 Å². The van der Waals surface area contributed by atoms with Crippen molar-refractivity contribution < 1.29 is 18.4 Å². The van der Waals surface area contributed by atoms with Crippen molar-refractivity contribution in [1.29, 1.82) is 0 Å². The summed E-state index contributed by atoms with van der Waals surface area (Å²) >= 11 is 0. The number of aryl methyl sites for hydroxylation is 1. The van der Waals surface area contributed by atoms with Crippen molar-refractivity contribution >= 4 is 17.5 Å². The minimum absolute atomic E-state index is 0.265. The number of amides is 2. The van der Waals surface area contributed by atoms with E-state index in [0.717, 1.165) is 59.5 Å². The van der Waals surface area contributed by atoms with Crippen molar-refractivity contribution in [3.8, 4) is 11.1 Å². The fourth-order valence-electron chi connectivity index (χ4n) is 5.09. The smallest absolute Gasteiger partial charge is 0.251 e.